The van der Waals surface area contributed by atoms with Crippen molar-refractivity contribution in [3.63, 3.8) is 0 Å². The number of allylic oxidation sites excluding steroid dienone is 3. The van der Waals surface area contributed by atoms with E-state index in [9.17, 15) is 0 Å². The molecule has 4 heteroatoms. The van der Waals surface area contributed by atoms with Gasteiger partial charge in [0.15, 0.2) is 0 Å². The summed E-state index contributed by atoms with van der Waals surface area (Å²) >= 11 is 0. The van der Waals surface area contributed by atoms with Crippen LogP contribution in [0.2, 0.25) is 0 Å². The molecule has 0 saturated heterocycles. The fourth-order valence-electron chi connectivity index (χ4n) is 3.07. The van der Waals surface area contributed by atoms with Gasteiger partial charge in [0.05, 0.1) is 0 Å². The lowest BCUT2D eigenvalue weighted by Gasteiger charge is -2.19. The van der Waals surface area contributed by atoms with Gasteiger partial charge in [-0.05, 0) is 78.4 Å². The van der Waals surface area contributed by atoms with E-state index >= 15 is 0 Å². The first-order valence-corrected chi connectivity index (χ1v) is 8.46. The maximum atomic E-state index is 6.10. The third-order valence-corrected chi connectivity index (χ3v) is 4.80. The van der Waals surface area contributed by atoms with Crippen molar-refractivity contribution in [2.45, 2.75) is 26.8 Å². The molecule has 0 fully saturated rings. The zero-order valence-corrected chi connectivity index (χ0v) is 16.2. The van der Waals surface area contributed by atoms with Gasteiger partial charge in [-0.2, -0.15) is 0 Å². The summed E-state index contributed by atoms with van der Waals surface area (Å²) in [7, 11) is 0. The normalized spacial score (nSPS) is 16.1. The smallest absolute Gasteiger partial charge is 0.0444 e. The Morgan fingerprint density at radius 3 is 1.77 bits per heavy atom. The lowest BCUT2D eigenvalue weighted by molar-refractivity contribution is 0.937. The second-order valence-electron chi connectivity index (χ2n) is 6.75. The quantitative estimate of drug-likeness (QED) is 0.682. The van der Waals surface area contributed by atoms with Crippen molar-refractivity contribution in [3.05, 3.63) is 88.0 Å². The number of halogens is 1. The number of rotatable bonds is 2. The van der Waals surface area contributed by atoms with E-state index in [2.05, 4.69) is 43.3 Å². The van der Waals surface area contributed by atoms with Gasteiger partial charge in [0.2, 0.25) is 0 Å². The van der Waals surface area contributed by atoms with Gasteiger partial charge in [0, 0.05) is 17.4 Å². The molecule has 0 spiro atoms. The van der Waals surface area contributed by atoms with Gasteiger partial charge in [-0.25, -0.2) is 0 Å². The molecular weight excluding hydrogens is 342 g/mol. The molecule has 1 aliphatic carbocycles. The molecule has 6 N–H and O–H groups in total. The van der Waals surface area contributed by atoms with Crippen LogP contribution in [-0.2, 0) is 0 Å². The van der Waals surface area contributed by atoms with E-state index in [1.165, 1.54) is 0 Å². The molecule has 2 aromatic rings. The van der Waals surface area contributed by atoms with Gasteiger partial charge in [-0.3, -0.25) is 0 Å². The molecule has 136 valence electrons. The Labute approximate surface area is 161 Å². The molecule has 0 aromatic heterocycles. The summed E-state index contributed by atoms with van der Waals surface area (Å²) in [5.74, 6) is 0. The molecule has 3 nitrogen and oxygen atoms in total. The predicted molar refractivity (Wildman–Crippen MR) is 115 cm³/mol. The fourth-order valence-corrected chi connectivity index (χ4v) is 3.07. The van der Waals surface area contributed by atoms with E-state index in [-0.39, 0.29) is 18.4 Å². The van der Waals surface area contributed by atoms with Gasteiger partial charge >= 0.3 is 0 Å². The summed E-state index contributed by atoms with van der Waals surface area (Å²) in [6.45, 7) is 6.13. The molecule has 0 amide bonds. The van der Waals surface area contributed by atoms with Crippen LogP contribution in [0.3, 0.4) is 0 Å². The highest BCUT2D eigenvalue weighted by Gasteiger charge is 2.15. The largest absolute Gasteiger partial charge is 0.399 e. The zero-order valence-electron chi connectivity index (χ0n) is 15.4. The second kappa shape index (κ2) is 7.81. The van der Waals surface area contributed by atoms with Crippen molar-refractivity contribution >= 4 is 29.4 Å². The Kier molecular flexibility index (Phi) is 5.96. The van der Waals surface area contributed by atoms with Gasteiger partial charge in [0.1, 0.15) is 0 Å². The second-order valence-corrected chi connectivity index (χ2v) is 6.75. The zero-order chi connectivity index (χ0) is 18.1. The third kappa shape index (κ3) is 3.85. The highest BCUT2D eigenvalue weighted by atomic mass is 35.5. The first kappa shape index (κ1) is 19.8. The Balaban J connectivity index is 0.00000243. The number of anilines is 2. The van der Waals surface area contributed by atoms with E-state index in [0.29, 0.717) is 0 Å². The van der Waals surface area contributed by atoms with Crippen LogP contribution in [0.25, 0.3) is 5.57 Å². The summed E-state index contributed by atoms with van der Waals surface area (Å²) < 4.78 is 0. The number of benzene rings is 2. The highest BCUT2D eigenvalue weighted by molar-refractivity contribution is 5.87. The topological polar surface area (TPSA) is 78.1 Å². The van der Waals surface area contributed by atoms with Crippen LogP contribution in [0.1, 0.15) is 29.2 Å². The predicted octanol–water partition coefficient (Wildman–Crippen LogP) is 4.53. The van der Waals surface area contributed by atoms with Crippen LogP contribution in [-0.4, -0.2) is 6.04 Å². The van der Waals surface area contributed by atoms with Gasteiger partial charge < -0.3 is 17.2 Å². The average Bonchev–Trinajstić information content (AvgIpc) is 2.57. The minimum Gasteiger partial charge on any atom is -0.399 e. The summed E-state index contributed by atoms with van der Waals surface area (Å²) in [4.78, 5) is 0. The van der Waals surface area contributed by atoms with Crippen molar-refractivity contribution in [2.24, 2.45) is 5.73 Å². The van der Waals surface area contributed by atoms with E-state index in [0.717, 1.165) is 50.3 Å². The minimum atomic E-state index is -0.0219. The van der Waals surface area contributed by atoms with Crippen molar-refractivity contribution in [1.82, 2.24) is 0 Å². The van der Waals surface area contributed by atoms with Crippen molar-refractivity contribution in [3.8, 4) is 0 Å². The van der Waals surface area contributed by atoms with Crippen LogP contribution in [0.15, 0.2) is 65.8 Å². The van der Waals surface area contributed by atoms with E-state index in [1.54, 1.807) is 0 Å². The Morgan fingerprint density at radius 2 is 1.35 bits per heavy atom. The summed E-state index contributed by atoms with van der Waals surface area (Å²) in [5, 5.41) is 0. The van der Waals surface area contributed by atoms with Crippen LogP contribution in [0.5, 0.6) is 0 Å². The van der Waals surface area contributed by atoms with Gasteiger partial charge in [-0.1, -0.05) is 35.9 Å². The molecule has 0 saturated carbocycles. The number of aryl methyl sites for hydroxylation is 2. The summed E-state index contributed by atoms with van der Waals surface area (Å²) in [5.41, 5.74) is 27.6. The number of nitrogen functional groups attached to an aromatic ring is 2. The third-order valence-electron chi connectivity index (χ3n) is 4.80. The van der Waals surface area contributed by atoms with Gasteiger partial charge in [-0.15, -0.1) is 12.4 Å². The monoisotopic (exact) mass is 367 g/mol. The molecule has 0 bridgehead atoms. The molecule has 26 heavy (non-hydrogen) atoms. The Hall–Kier alpha value is -2.49. The first-order valence-electron chi connectivity index (χ1n) is 8.46. The molecule has 3 rings (SSSR count). The molecule has 0 aliphatic heterocycles. The lowest BCUT2D eigenvalue weighted by Crippen LogP contribution is -2.20. The summed E-state index contributed by atoms with van der Waals surface area (Å²) in [6.07, 6.45) is 6.31. The maximum Gasteiger partial charge on any atom is 0.0444 e. The molecule has 1 unspecified atom stereocenters. The highest BCUT2D eigenvalue weighted by Crippen LogP contribution is 2.33. The van der Waals surface area contributed by atoms with Crippen LogP contribution in [0, 0.1) is 13.8 Å². The van der Waals surface area contributed by atoms with E-state index in [1.807, 2.05) is 32.1 Å². The standard InChI is InChI=1S/C22H25N3.ClH/c1-13-10-16(4-7-19(13)23)22(17-5-8-20(24)14(2)11-17)18-6-9-21(25)15(3)12-18;/h4-12,19H,23-25H2,1-3H3;1H. The molecular formula is C22H26ClN3. The summed E-state index contributed by atoms with van der Waals surface area (Å²) in [6, 6.07) is 12.3. The fraction of sp³-hybridized carbons (Fsp3) is 0.182. The number of hydrogen-bond acceptors (Lipinski definition) is 3. The Morgan fingerprint density at radius 1 is 0.846 bits per heavy atom. The van der Waals surface area contributed by atoms with Gasteiger partial charge in [0.25, 0.3) is 0 Å². The molecule has 0 heterocycles. The number of nitrogens with two attached hydrogens (primary N) is 3. The minimum absolute atomic E-state index is 0. The van der Waals surface area contributed by atoms with Crippen LogP contribution in [0.4, 0.5) is 11.4 Å². The molecule has 0 radical (unpaired) electrons. The van der Waals surface area contributed by atoms with E-state index < -0.39 is 0 Å². The molecule has 1 aliphatic rings. The average molecular weight is 368 g/mol. The van der Waals surface area contributed by atoms with Crippen molar-refractivity contribution < 1.29 is 0 Å². The number of hydrogen-bond donors (Lipinski definition) is 3. The molecule has 1 atom stereocenters. The Bertz CT molecular complexity index is 869. The van der Waals surface area contributed by atoms with E-state index in [4.69, 9.17) is 17.2 Å². The first-order chi connectivity index (χ1) is 11.9. The van der Waals surface area contributed by atoms with Crippen LogP contribution < -0.4 is 17.2 Å². The molecule has 2 aromatic carbocycles. The maximum absolute atomic E-state index is 6.10. The van der Waals surface area contributed by atoms with Crippen LogP contribution >= 0.6 is 12.4 Å². The van der Waals surface area contributed by atoms with Crippen molar-refractivity contribution in [1.29, 1.82) is 0 Å². The lowest BCUT2D eigenvalue weighted by atomic mass is 9.87. The van der Waals surface area contributed by atoms with Crippen molar-refractivity contribution in [2.75, 3.05) is 11.5 Å². The SMILES string of the molecule is CC1=CC(=C(c2ccc(N)c(C)c2)c2ccc(N)c(C)c2)C=CC1N.Cl.